The van der Waals surface area contributed by atoms with E-state index in [-0.39, 0.29) is 5.78 Å². The normalized spacial score (nSPS) is 10.6. The van der Waals surface area contributed by atoms with Crippen LogP contribution in [0.15, 0.2) is 34.8 Å². The highest BCUT2D eigenvalue weighted by atomic mass is 32.2. The molecule has 0 fully saturated rings. The van der Waals surface area contributed by atoms with Gasteiger partial charge in [-0.3, -0.25) is 9.79 Å². The topological polar surface area (TPSA) is 29.4 Å². The summed E-state index contributed by atoms with van der Waals surface area (Å²) < 4.78 is 0. The summed E-state index contributed by atoms with van der Waals surface area (Å²) in [7, 11) is 0. The molecule has 0 aromatic heterocycles. The Balaban J connectivity index is 2.70. The van der Waals surface area contributed by atoms with Gasteiger partial charge in [0, 0.05) is 17.5 Å². The van der Waals surface area contributed by atoms with Gasteiger partial charge in [-0.1, -0.05) is 18.2 Å². The minimum Gasteiger partial charge on any atom is -0.295 e. The number of aliphatic imine (C=N–C) groups is 1. The lowest BCUT2D eigenvalue weighted by molar-refractivity contribution is 0.101. The Morgan fingerprint density at radius 1 is 1.56 bits per heavy atom. The molecule has 0 aliphatic rings. The third kappa shape index (κ3) is 3.66. The van der Waals surface area contributed by atoms with E-state index in [4.69, 9.17) is 0 Å². The summed E-state index contributed by atoms with van der Waals surface area (Å²) in [5.74, 6) is 0.998. The van der Waals surface area contributed by atoms with E-state index in [0.29, 0.717) is 0 Å². The largest absolute Gasteiger partial charge is 0.295 e. The number of benzene rings is 1. The number of thioether (sulfide) groups is 1. The zero-order valence-corrected chi connectivity index (χ0v) is 10.4. The average molecular weight is 233 g/mol. The number of rotatable bonds is 5. The maximum absolute atomic E-state index is 11.2. The van der Waals surface area contributed by atoms with Gasteiger partial charge in [0.15, 0.2) is 5.78 Å². The van der Waals surface area contributed by atoms with Crippen molar-refractivity contribution in [1.82, 2.24) is 0 Å². The number of nitrogens with zero attached hydrogens (tertiary/aromatic N) is 1. The number of aryl methyl sites for hydroxylation is 1. The van der Waals surface area contributed by atoms with Gasteiger partial charge in [0.25, 0.3) is 0 Å². The third-order valence-electron chi connectivity index (χ3n) is 2.18. The van der Waals surface area contributed by atoms with Crippen LogP contribution in [0.2, 0.25) is 0 Å². The molecule has 1 rings (SSSR count). The number of hydrogen-bond donors (Lipinski definition) is 0. The lowest BCUT2D eigenvalue weighted by Crippen LogP contribution is -1.96. The van der Waals surface area contributed by atoms with Crippen molar-refractivity contribution in [3.05, 3.63) is 46.5 Å². The molecule has 0 saturated heterocycles. The molecule has 0 spiro atoms. The Hall–Kier alpha value is -1.35. The molecule has 0 bridgehead atoms. The number of Topliss-reactive ketones (excluding diaryl/α,β-unsaturated/α-hetero) is 1. The van der Waals surface area contributed by atoms with Gasteiger partial charge in [-0.15, -0.1) is 11.8 Å². The number of carbonyl (C=O) groups excluding carboxylic acids is 1. The SMILES string of the molecule is C=N/C=C\SCc1ccc(C(C)=O)c(C)c1. The second-order valence-corrected chi connectivity index (χ2v) is 4.38. The number of ketones is 1. The fourth-order valence-electron chi connectivity index (χ4n) is 1.44. The Kier molecular flexibility index (Phi) is 4.99. The predicted molar refractivity (Wildman–Crippen MR) is 71.2 cm³/mol. The lowest BCUT2D eigenvalue weighted by Gasteiger charge is -2.04. The number of carbonyl (C=O) groups is 1. The fourth-order valence-corrected chi connectivity index (χ4v) is 2.08. The molecule has 1 aromatic carbocycles. The van der Waals surface area contributed by atoms with Gasteiger partial charge < -0.3 is 0 Å². The summed E-state index contributed by atoms with van der Waals surface area (Å²) in [6.45, 7) is 6.92. The van der Waals surface area contributed by atoms with E-state index in [0.717, 1.165) is 16.9 Å². The summed E-state index contributed by atoms with van der Waals surface area (Å²) in [6, 6.07) is 5.94. The van der Waals surface area contributed by atoms with Crippen LogP contribution in [0.4, 0.5) is 0 Å². The van der Waals surface area contributed by atoms with E-state index in [9.17, 15) is 4.79 Å². The standard InChI is InChI=1S/C13H15NOS/c1-10-8-12(9-16-7-6-14-3)4-5-13(10)11(2)15/h4-8H,3,9H2,1-2H3/b7-6-. The van der Waals surface area contributed by atoms with E-state index in [2.05, 4.69) is 17.8 Å². The quantitative estimate of drug-likeness (QED) is 0.574. The Bertz CT molecular complexity index is 424. The first-order chi connectivity index (χ1) is 7.65. The Labute approximate surface area is 100 Å². The Morgan fingerprint density at radius 3 is 2.88 bits per heavy atom. The van der Waals surface area contributed by atoms with Crippen LogP contribution in [0.3, 0.4) is 0 Å². The highest BCUT2D eigenvalue weighted by Gasteiger charge is 2.03. The first-order valence-corrected chi connectivity index (χ1v) is 6.03. The molecular formula is C13H15NOS. The van der Waals surface area contributed by atoms with Crippen LogP contribution in [0.5, 0.6) is 0 Å². The first-order valence-electron chi connectivity index (χ1n) is 4.98. The van der Waals surface area contributed by atoms with Gasteiger partial charge in [0.1, 0.15) is 0 Å². The van der Waals surface area contributed by atoms with Gasteiger partial charge in [-0.25, -0.2) is 0 Å². The average Bonchev–Trinajstić information content (AvgIpc) is 2.24. The van der Waals surface area contributed by atoms with Gasteiger partial charge >= 0.3 is 0 Å². The van der Waals surface area contributed by atoms with Crippen molar-refractivity contribution in [1.29, 1.82) is 0 Å². The van der Waals surface area contributed by atoms with Crippen LogP contribution >= 0.6 is 11.8 Å². The van der Waals surface area contributed by atoms with Crippen LogP contribution in [0, 0.1) is 6.92 Å². The van der Waals surface area contributed by atoms with Gasteiger partial charge in [0.2, 0.25) is 0 Å². The molecule has 84 valence electrons. The molecule has 2 nitrogen and oxygen atoms in total. The summed E-state index contributed by atoms with van der Waals surface area (Å²) in [6.07, 6.45) is 1.67. The summed E-state index contributed by atoms with van der Waals surface area (Å²) in [5, 5.41) is 1.90. The zero-order valence-electron chi connectivity index (χ0n) is 9.56. The van der Waals surface area contributed by atoms with Crippen LogP contribution in [-0.4, -0.2) is 12.5 Å². The molecule has 0 aliphatic carbocycles. The van der Waals surface area contributed by atoms with Crippen LogP contribution in [0.1, 0.15) is 28.4 Å². The molecule has 0 aliphatic heterocycles. The van der Waals surface area contributed by atoms with Crippen LogP contribution in [0.25, 0.3) is 0 Å². The molecule has 0 atom stereocenters. The Morgan fingerprint density at radius 2 is 2.31 bits per heavy atom. The molecular weight excluding hydrogens is 218 g/mol. The first kappa shape index (κ1) is 12.7. The van der Waals surface area contributed by atoms with E-state index in [1.165, 1.54) is 5.56 Å². The minimum atomic E-state index is 0.118. The fraction of sp³-hybridized carbons (Fsp3) is 0.231. The highest BCUT2D eigenvalue weighted by molar-refractivity contribution is 8.01. The van der Waals surface area contributed by atoms with Gasteiger partial charge in [-0.2, -0.15) is 0 Å². The van der Waals surface area contributed by atoms with Crippen LogP contribution < -0.4 is 0 Å². The summed E-state index contributed by atoms with van der Waals surface area (Å²) >= 11 is 1.65. The molecule has 0 radical (unpaired) electrons. The summed E-state index contributed by atoms with van der Waals surface area (Å²) in [4.78, 5) is 14.9. The van der Waals surface area contributed by atoms with Crippen molar-refractivity contribution in [3.63, 3.8) is 0 Å². The van der Waals surface area contributed by atoms with Crippen molar-refractivity contribution in [2.24, 2.45) is 4.99 Å². The molecule has 3 heteroatoms. The zero-order chi connectivity index (χ0) is 12.0. The van der Waals surface area contributed by atoms with Crippen molar-refractivity contribution in [2.75, 3.05) is 0 Å². The maximum Gasteiger partial charge on any atom is 0.160 e. The van der Waals surface area contributed by atoms with E-state index < -0.39 is 0 Å². The van der Waals surface area contributed by atoms with E-state index in [1.807, 2.05) is 24.5 Å². The van der Waals surface area contributed by atoms with Crippen LogP contribution in [-0.2, 0) is 5.75 Å². The van der Waals surface area contributed by atoms with Crippen molar-refractivity contribution < 1.29 is 4.79 Å². The monoisotopic (exact) mass is 233 g/mol. The molecule has 0 saturated carbocycles. The van der Waals surface area contributed by atoms with Crippen molar-refractivity contribution >= 4 is 24.3 Å². The van der Waals surface area contributed by atoms with E-state index >= 15 is 0 Å². The molecule has 0 N–H and O–H groups in total. The van der Waals surface area contributed by atoms with Crippen molar-refractivity contribution in [2.45, 2.75) is 19.6 Å². The number of hydrogen-bond acceptors (Lipinski definition) is 3. The van der Waals surface area contributed by atoms with Gasteiger partial charge in [0.05, 0.1) is 0 Å². The molecule has 1 aromatic rings. The van der Waals surface area contributed by atoms with Gasteiger partial charge in [-0.05, 0) is 37.1 Å². The maximum atomic E-state index is 11.2. The highest BCUT2D eigenvalue weighted by Crippen LogP contribution is 2.17. The molecule has 0 amide bonds. The second-order valence-electron chi connectivity index (χ2n) is 3.48. The molecule has 16 heavy (non-hydrogen) atoms. The van der Waals surface area contributed by atoms with E-state index in [1.54, 1.807) is 24.9 Å². The molecule has 0 unspecified atom stereocenters. The summed E-state index contributed by atoms with van der Waals surface area (Å²) in [5.41, 5.74) is 3.05. The molecule has 0 heterocycles. The second kappa shape index (κ2) is 6.28. The minimum absolute atomic E-state index is 0.118. The third-order valence-corrected chi connectivity index (χ3v) is 3.00. The smallest absolute Gasteiger partial charge is 0.160 e. The lowest BCUT2D eigenvalue weighted by atomic mass is 10.0. The van der Waals surface area contributed by atoms with Crippen molar-refractivity contribution in [3.8, 4) is 0 Å². The predicted octanol–water partition coefficient (Wildman–Crippen LogP) is 3.60.